The largest absolute Gasteiger partial charge is 0.482 e. The van der Waals surface area contributed by atoms with Crippen LogP contribution in [-0.2, 0) is 14.3 Å². The van der Waals surface area contributed by atoms with Crippen LogP contribution in [0.4, 0.5) is 5.69 Å². The molecule has 0 aliphatic heterocycles. The average Bonchev–Trinajstić information content (AvgIpc) is 2.78. The van der Waals surface area contributed by atoms with Gasteiger partial charge in [0.25, 0.3) is 0 Å². The Hall–Kier alpha value is -3.93. The fraction of sp³-hybridized carbons (Fsp3) is 0.160. The van der Waals surface area contributed by atoms with Crippen molar-refractivity contribution >= 4 is 23.3 Å². The third-order valence-electron chi connectivity index (χ3n) is 4.49. The first-order valence-corrected chi connectivity index (χ1v) is 9.82. The van der Waals surface area contributed by atoms with E-state index < -0.39 is 12.1 Å². The first kappa shape index (κ1) is 21.8. The van der Waals surface area contributed by atoms with Crippen molar-refractivity contribution in [2.75, 3.05) is 11.9 Å². The Labute approximate surface area is 180 Å². The number of rotatable bonds is 8. The fourth-order valence-electron chi connectivity index (χ4n) is 2.96. The van der Waals surface area contributed by atoms with Crippen LogP contribution < -0.4 is 10.1 Å². The predicted octanol–water partition coefficient (Wildman–Crippen LogP) is 4.51. The SMILES string of the molecule is CC(=O)Nc1ccc(C(=O)C(C)OC(=O)COc2ccc(-c3ccccc3)cc2)cc1. The number of ketones is 1. The zero-order chi connectivity index (χ0) is 22.2. The van der Waals surface area contributed by atoms with Crippen LogP contribution in [0.3, 0.4) is 0 Å². The highest BCUT2D eigenvalue weighted by Crippen LogP contribution is 2.22. The molecule has 0 radical (unpaired) electrons. The lowest BCUT2D eigenvalue weighted by Crippen LogP contribution is -2.27. The number of hydrogen-bond acceptors (Lipinski definition) is 5. The van der Waals surface area contributed by atoms with Crippen molar-refractivity contribution in [3.8, 4) is 16.9 Å². The number of benzene rings is 3. The molecule has 0 aliphatic carbocycles. The van der Waals surface area contributed by atoms with Crippen LogP contribution >= 0.6 is 0 Å². The number of nitrogens with one attached hydrogen (secondary N) is 1. The number of Topliss-reactive ketones (excluding diaryl/α,β-unsaturated/α-hetero) is 1. The lowest BCUT2D eigenvalue weighted by molar-refractivity contribution is -0.148. The van der Waals surface area contributed by atoms with Crippen molar-refractivity contribution < 1.29 is 23.9 Å². The second kappa shape index (κ2) is 10.2. The van der Waals surface area contributed by atoms with E-state index in [9.17, 15) is 14.4 Å². The Bertz CT molecular complexity index is 1040. The van der Waals surface area contributed by atoms with E-state index in [-0.39, 0.29) is 18.3 Å². The van der Waals surface area contributed by atoms with Crippen LogP contribution in [-0.4, -0.2) is 30.4 Å². The Balaban J connectivity index is 1.49. The second-order valence-electron chi connectivity index (χ2n) is 6.93. The van der Waals surface area contributed by atoms with E-state index in [0.29, 0.717) is 17.0 Å². The highest BCUT2D eigenvalue weighted by Gasteiger charge is 2.20. The molecule has 1 unspecified atom stereocenters. The zero-order valence-corrected chi connectivity index (χ0v) is 17.3. The lowest BCUT2D eigenvalue weighted by atomic mass is 10.1. The van der Waals surface area contributed by atoms with Gasteiger partial charge in [-0.25, -0.2) is 4.79 Å². The molecule has 31 heavy (non-hydrogen) atoms. The molecule has 0 fully saturated rings. The van der Waals surface area contributed by atoms with Gasteiger partial charge in [-0.3, -0.25) is 9.59 Å². The molecule has 158 valence electrons. The van der Waals surface area contributed by atoms with Crippen molar-refractivity contribution in [2.24, 2.45) is 0 Å². The van der Waals surface area contributed by atoms with Crippen LogP contribution in [0, 0.1) is 0 Å². The number of carbonyl (C=O) groups excluding carboxylic acids is 3. The maximum absolute atomic E-state index is 12.5. The van der Waals surface area contributed by atoms with E-state index in [4.69, 9.17) is 9.47 Å². The van der Waals surface area contributed by atoms with E-state index in [1.807, 2.05) is 42.5 Å². The van der Waals surface area contributed by atoms with Crippen LogP contribution in [0.5, 0.6) is 5.75 Å². The summed E-state index contributed by atoms with van der Waals surface area (Å²) in [6, 6.07) is 23.7. The highest BCUT2D eigenvalue weighted by atomic mass is 16.6. The van der Waals surface area contributed by atoms with Gasteiger partial charge >= 0.3 is 5.97 Å². The van der Waals surface area contributed by atoms with Gasteiger partial charge in [-0.05, 0) is 54.4 Å². The minimum Gasteiger partial charge on any atom is -0.482 e. The molecule has 6 nitrogen and oxygen atoms in total. The Kier molecular flexibility index (Phi) is 7.17. The zero-order valence-electron chi connectivity index (χ0n) is 17.3. The molecule has 0 bridgehead atoms. The summed E-state index contributed by atoms with van der Waals surface area (Å²) in [7, 11) is 0. The van der Waals surface area contributed by atoms with Crippen molar-refractivity contribution in [1.29, 1.82) is 0 Å². The third-order valence-corrected chi connectivity index (χ3v) is 4.49. The topological polar surface area (TPSA) is 81.7 Å². The summed E-state index contributed by atoms with van der Waals surface area (Å²) in [6.07, 6.45) is -0.955. The molecule has 0 spiro atoms. The molecule has 0 saturated heterocycles. The van der Waals surface area contributed by atoms with Gasteiger partial charge in [0.15, 0.2) is 12.7 Å². The molecule has 3 aromatic rings. The van der Waals surface area contributed by atoms with Crippen molar-refractivity contribution in [2.45, 2.75) is 20.0 Å². The second-order valence-corrected chi connectivity index (χ2v) is 6.93. The molecule has 1 amide bonds. The van der Waals surface area contributed by atoms with Crippen LogP contribution in [0.15, 0.2) is 78.9 Å². The van der Waals surface area contributed by atoms with Crippen molar-refractivity contribution in [3.63, 3.8) is 0 Å². The van der Waals surface area contributed by atoms with Crippen LogP contribution in [0.2, 0.25) is 0 Å². The number of anilines is 1. The van der Waals surface area contributed by atoms with Gasteiger partial charge in [0.05, 0.1) is 0 Å². The van der Waals surface area contributed by atoms with Crippen LogP contribution in [0.25, 0.3) is 11.1 Å². The van der Waals surface area contributed by atoms with Gasteiger partial charge in [0, 0.05) is 18.2 Å². The molecule has 0 saturated carbocycles. The van der Waals surface area contributed by atoms with Crippen LogP contribution in [0.1, 0.15) is 24.2 Å². The molecule has 3 rings (SSSR count). The van der Waals surface area contributed by atoms with Gasteiger partial charge < -0.3 is 14.8 Å². The van der Waals surface area contributed by atoms with Crippen molar-refractivity contribution in [3.05, 3.63) is 84.4 Å². The summed E-state index contributed by atoms with van der Waals surface area (Å²) in [5.74, 6) is -0.641. The quantitative estimate of drug-likeness (QED) is 0.431. The van der Waals surface area contributed by atoms with Gasteiger partial charge in [-0.1, -0.05) is 42.5 Å². The molecule has 3 aromatic carbocycles. The summed E-state index contributed by atoms with van der Waals surface area (Å²) in [5, 5.41) is 2.63. The minimum atomic E-state index is -0.955. The Morgan fingerprint density at radius 2 is 1.45 bits per heavy atom. The molecule has 6 heteroatoms. The van der Waals surface area contributed by atoms with Gasteiger partial charge in [0.1, 0.15) is 5.75 Å². The molecular weight excluding hydrogens is 394 g/mol. The average molecular weight is 417 g/mol. The van der Waals surface area contributed by atoms with Gasteiger partial charge in [0.2, 0.25) is 11.7 Å². The van der Waals surface area contributed by atoms with E-state index >= 15 is 0 Å². The summed E-state index contributed by atoms with van der Waals surface area (Å²) in [6.45, 7) is 2.61. The maximum Gasteiger partial charge on any atom is 0.344 e. The molecule has 0 aliphatic rings. The number of amides is 1. The summed E-state index contributed by atoms with van der Waals surface area (Å²) in [5.41, 5.74) is 3.09. The fourth-order valence-corrected chi connectivity index (χ4v) is 2.96. The summed E-state index contributed by atoms with van der Waals surface area (Å²) in [4.78, 5) is 35.6. The smallest absolute Gasteiger partial charge is 0.344 e. The van der Waals surface area contributed by atoms with Gasteiger partial charge in [-0.2, -0.15) is 0 Å². The monoisotopic (exact) mass is 417 g/mol. The lowest BCUT2D eigenvalue weighted by Gasteiger charge is -2.13. The first-order chi connectivity index (χ1) is 14.9. The number of hydrogen-bond donors (Lipinski definition) is 1. The Morgan fingerprint density at radius 1 is 0.839 bits per heavy atom. The normalized spacial score (nSPS) is 11.3. The Morgan fingerprint density at radius 3 is 2.06 bits per heavy atom. The third kappa shape index (κ3) is 6.27. The molecule has 1 atom stereocenters. The standard InChI is InChI=1S/C25H23NO5/c1-17(25(29)21-8-12-22(13-9-21)26-18(2)27)31-24(28)16-30-23-14-10-20(11-15-23)19-6-4-3-5-7-19/h3-15,17H,16H2,1-2H3,(H,26,27). The maximum atomic E-state index is 12.5. The number of ether oxygens (including phenoxy) is 2. The van der Waals surface area contributed by atoms with Gasteiger partial charge in [-0.15, -0.1) is 0 Å². The molecular formula is C25H23NO5. The molecule has 0 heterocycles. The number of carbonyl (C=O) groups is 3. The first-order valence-electron chi connectivity index (χ1n) is 9.82. The predicted molar refractivity (Wildman–Crippen MR) is 118 cm³/mol. The summed E-state index contributed by atoms with van der Waals surface area (Å²) >= 11 is 0. The highest BCUT2D eigenvalue weighted by molar-refractivity contribution is 6.00. The van der Waals surface area contributed by atoms with E-state index in [1.54, 1.807) is 36.4 Å². The van der Waals surface area contributed by atoms with E-state index in [1.165, 1.54) is 13.8 Å². The van der Waals surface area contributed by atoms with E-state index in [2.05, 4.69) is 5.32 Å². The summed E-state index contributed by atoms with van der Waals surface area (Å²) < 4.78 is 10.7. The number of esters is 1. The minimum absolute atomic E-state index is 0.198. The molecule has 1 N–H and O–H groups in total. The van der Waals surface area contributed by atoms with Crippen molar-refractivity contribution in [1.82, 2.24) is 0 Å². The molecule has 0 aromatic heterocycles. The van der Waals surface area contributed by atoms with E-state index in [0.717, 1.165) is 11.1 Å².